The fraction of sp³-hybridized carbons (Fsp3) is 0.0690. The summed E-state index contributed by atoms with van der Waals surface area (Å²) in [7, 11) is 2.99. The van der Waals surface area contributed by atoms with Crippen LogP contribution in [0.15, 0.2) is 88.3 Å². The summed E-state index contributed by atoms with van der Waals surface area (Å²) in [4.78, 5) is 39.4. The van der Waals surface area contributed by atoms with Crippen molar-refractivity contribution in [2.45, 2.75) is 0 Å². The van der Waals surface area contributed by atoms with E-state index in [4.69, 9.17) is 22.7 Å². The molecule has 0 spiro atoms. The fourth-order valence-corrected chi connectivity index (χ4v) is 5.20. The van der Waals surface area contributed by atoms with Gasteiger partial charge in [-0.3, -0.25) is 0 Å². The molecule has 8 nitrogen and oxygen atoms in total. The lowest BCUT2D eigenvalue weighted by Crippen LogP contribution is -2.08. The number of hydrogen-bond donors (Lipinski definition) is 0. The van der Waals surface area contributed by atoms with Crippen LogP contribution in [-0.2, 0) is 0 Å². The number of para-hydroxylation sites is 1. The van der Waals surface area contributed by atoms with Gasteiger partial charge < -0.3 is 22.7 Å². The SMILES string of the molecule is COc1cccc2c1oc(=O)c1c2ccc2c3cc(OC)c4c5ccccc5c(=O)oc4c3c(=O)oc21. The van der Waals surface area contributed by atoms with Gasteiger partial charge in [-0.2, -0.15) is 0 Å². The van der Waals surface area contributed by atoms with E-state index >= 15 is 0 Å². The fourth-order valence-electron chi connectivity index (χ4n) is 5.20. The molecule has 3 heterocycles. The van der Waals surface area contributed by atoms with Crippen molar-refractivity contribution in [3.8, 4) is 11.5 Å². The monoisotopic (exact) mass is 492 g/mol. The van der Waals surface area contributed by atoms with Crippen LogP contribution in [0.1, 0.15) is 0 Å². The van der Waals surface area contributed by atoms with Crippen molar-refractivity contribution in [3.05, 3.63) is 91.9 Å². The molecule has 0 radical (unpaired) electrons. The van der Waals surface area contributed by atoms with E-state index in [2.05, 4.69) is 0 Å². The van der Waals surface area contributed by atoms with E-state index in [0.717, 1.165) is 0 Å². The second kappa shape index (κ2) is 7.44. The average Bonchev–Trinajstić information content (AvgIpc) is 2.91. The summed E-state index contributed by atoms with van der Waals surface area (Å²) in [6, 6.07) is 17.4. The standard InChI is InChI=1S/C29H16O8/c1-33-19-9-5-8-15-14-10-11-16-18-12-20(34-2)21-13-6-3-4-7-17(13)27(30)37-26(21)23(18)29(32)36-25(16)22(14)28(31)35-24(15)19/h3-12H,1-2H3. The van der Waals surface area contributed by atoms with Crippen LogP contribution >= 0.6 is 0 Å². The van der Waals surface area contributed by atoms with Crippen LogP contribution in [-0.4, -0.2) is 14.2 Å². The summed E-state index contributed by atoms with van der Waals surface area (Å²) in [5.41, 5.74) is -1.60. The molecule has 0 amide bonds. The maximum Gasteiger partial charge on any atom is 0.348 e. The van der Waals surface area contributed by atoms with E-state index in [-0.39, 0.29) is 21.9 Å². The van der Waals surface area contributed by atoms with Gasteiger partial charge in [0.25, 0.3) is 0 Å². The molecule has 0 bridgehead atoms. The summed E-state index contributed by atoms with van der Waals surface area (Å²) in [6.07, 6.45) is 0. The van der Waals surface area contributed by atoms with Gasteiger partial charge in [-0.05, 0) is 24.3 Å². The van der Waals surface area contributed by atoms with E-state index < -0.39 is 16.9 Å². The van der Waals surface area contributed by atoms with Crippen LogP contribution in [0, 0.1) is 0 Å². The quantitative estimate of drug-likeness (QED) is 0.230. The lowest BCUT2D eigenvalue weighted by molar-refractivity contribution is 0.407. The Morgan fingerprint density at radius 3 is 1.81 bits per heavy atom. The molecule has 3 aromatic heterocycles. The van der Waals surface area contributed by atoms with Crippen LogP contribution in [0.3, 0.4) is 0 Å². The first-order chi connectivity index (χ1) is 18.0. The molecular formula is C29H16O8. The smallest absolute Gasteiger partial charge is 0.348 e. The Bertz CT molecular complexity index is 2290. The van der Waals surface area contributed by atoms with Crippen molar-refractivity contribution in [2.75, 3.05) is 14.2 Å². The van der Waals surface area contributed by atoms with Crippen molar-refractivity contribution in [1.82, 2.24) is 0 Å². The van der Waals surface area contributed by atoms with Crippen molar-refractivity contribution in [2.24, 2.45) is 0 Å². The highest BCUT2D eigenvalue weighted by molar-refractivity contribution is 6.24. The maximum atomic E-state index is 13.5. The first kappa shape index (κ1) is 21.2. The van der Waals surface area contributed by atoms with Crippen LogP contribution < -0.4 is 26.4 Å². The van der Waals surface area contributed by atoms with E-state index in [1.54, 1.807) is 60.7 Å². The van der Waals surface area contributed by atoms with Gasteiger partial charge in [0.2, 0.25) is 0 Å². The molecule has 0 saturated carbocycles. The van der Waals surface area contributed by atoms with E-state index in [9.17, 15) is 14.4 Å². The molecule has 0 aliphatic rings. The molecule has 0 aliphatic heterocycles. The van der Waals surface area contributed by atoms with Crippen LogP contribution in [0.25, 0.3) is 65.2 Å². The molecule has 0 unspecified atom stereocenters. The van der Waals surface area contributed by atoms with Crippen LogP contribution in [0.4, 0.5) is 0 Å². The number of benzene rings is 4. The predicted octanol–water partition coefficient (Wildman–Crippen LogP) is 5.48. The van der Waals surface area contributed by atoms with Gasteiger partial charge in [0.05, 0.1) is 25.0 Å². The highest BCUT2D eigenvalue weighted by atomic mass is 16.5. The first-order valence-corrected chi connectivity index (χ1v) is 11.4. The second-order valence-electron chi connectivity index (χ2n) is 8.62. The van der Waals surface area contributed by atoms with Gasteiger partial charge in [-0.1, -0.05) is 36.4 Å². The van der Waals surface area contributed by atoms with E-state index in [1.807, 2.05) is 0 Å². The zero-order valence-electron chi connectivity index (χ0n) is 19.5. The van der Waals surface area contributed by atoms with Gasteiger partial charge in [-0.25, -0.2) is 14.4 Å². The summed E-state index contributed by atoms with van der Waals surface area (Å²) in [5, 5.41) is 3.70. The van der Waals surface area contributed by atoms with Gasteiger partial charge in [-0.15, -0.1) is 0 Å². The van der Waals surface area contributed by atoms with Crippen molar-refractivity contribution >= 4 is 65.2 Å². The molecule has 180 valence electrons. The Labute approximate surface area is 205 Å². The zero-order valence-corrected chi connectivity index (χ0v) is 19.5. The second-order valence-corrected chi connectivity index (χ2v) is 8.62. The van der Waals surface area contributed by atoms with E-state index in [0.29, 0.717) is 54.8 Å². The third-order valence-electron chi connectivity index (χ3n) is 6.81. The van der Waals surface area contributed by atoms with Gasteiger partial charge in [0.15, 0.2) is 22.5 Å². The molecule has 0 aliphatic carbocycles. The molecule has 37 heavy (non-hydrogen) atoms. The lowest BCUT2D eigenvalue weighted by atomic mass is 9.98. The molecule has 0 atom stereocenters. The highest BCUT2D eigenvalue weighted by Crippen LogP contribution is 2.40. The Balaban J connectivity index is 1.73. The van der Waals surface area contributed by atoms with Gasteiger partial charge >= 0.3 is 16.9 Å². The van der Waals surface area contributed by atoms with Crippen molar-refractivity contribution in [1.29, 1.82) is 0 Å². The van der Waals surface area contributed by atoms with Gasteiger partial charge in [0.1, 0.15) is 16.5 Å². The number of ether oxygens (including phenoxy) is 2. The third-order valence-corrected chi connectivity index (χ3v) is 6.81. The van der Waals surface area contributed by atoms with Crippen LogP contribution in [0.5, 0.6) is 11.5 Å². The predicted molar refractivity (Wildman–Crippen MR) is 140 cm³/mol. The molecule has 7 aromatic rings. The first-order valence-electron chi connectivity index (χ1n) is 11.4. The summed E-state index contributed by atoms with van der Waals surface area (Å²) < 4.78 is 28.1. The molecule has 4 aromatic carbocycles. The summed E-state index contributed by atoms with van der Waals surface area (Å²) in [5.74, 6) is 0.819. The Kier molecular flexibility index (Phi) is 4.26. The zero-order chi connectivity index (χ0) is 25.4. The lowest BCUT2D eigenvalue weighted by Gasteiger charge is -2.12. The topological polar surface area (TPSA) is 109 Å². The largest absolute Gasteiger partial charge is 0.496 e. The molecule has 0 saturated heterocycles. The number of methoxy groups -OCH3 is 2. The Morgan fingerprint density at radius 2 is 1.05 bits per heavy atom. The third kappa shape index (κ3) is 2.75. The van der Waals surface area contributed by atoms with Crippen LogP contribution in [0.2, 0.25) is 0 Å². The summed E-state index contributed by atoms with van der Waals surface area (Å²) in [6.45, 7) is 0. The van der Waals surface area contributed by atoms with Crippen molar-refractivity contribution in [3.63, 3.8) is 0 Å². The minimum absolute atomic E-state index is 0.0593. The number of rotatable bonds is 2. The Morgan fingerprint density at radius 1 is 0.486 bits per heavy atom. The number of hydrogen-bond acceptors (Lipinski definition) is 8. The Hall–Kier alpha value is -5.11. The van der Waals surface area contributed by atoms with E-state index in [1.165, 1.54) is 14.2 Å². The van der Waals surface area contributed by atoms with Crippen molar-refractivity contribution < 1.29 is 22.7 Å². The van der Waals surface area contributed by atoms with Gasteiger partial charge in [0, 0.05) is 26.9 Å². The minimum atomic E-state index is -0.758. The molecule has 0 fully saturated rings. The normalized spacial score (nSPS) is 11.8. The average molecular weight is 492 g/mol. The molecule has 0 N–H and O–H groups in total. The molecular weight excluding hydrogens is 476 g/mol. The number of fused-ring (bicyclic) bond motifs is 11. The molecule has 8 heteroatoms. The highest BCUT2D eigenvalue weighted by Gasteiger charge is 2.22. The summed E-state index contributed by atoms with van der Waals surface area (Å²) >= 11 is 0. The molecule has 7 rings (SSSR count). The minimum Gasteiger partial charge on any atom is -0.496 e. The maximum absolute atomic E-state index is 13.5.